The Morgan fingerprint density at radius 2 is 2.07 bits per heavy atom. The molecule has 0 fully saturated rings. The van der Waals surface area contributed by atoms with Gasteiger partial charge in [0.1, 0.15) is 17.3 Å². The number of carboxylic acid groups (broad SMARTS) is 1. The molecule has 0 saturated carbocycles. The number of benzene rings is 1. The summed E-state index contributed by atoms with van der Waals surface area (Å²) in [7, 11) is 0. The summed E-state index contributed by atoms with van der Waals surface area (Å²) in [6, 6.07) is 4.95. The molecule has 1 atom stereocenters. The van der Waals surface area contributed by atoms with Gasteiger partial charge in [0.2, 0.25) is 0 Å². The summed E-state index contributed by atoms with van der Waals surface area (Å²) in [6.45, 7) is 2.78. The Hall–Kier alpha value is -3.60. The van der Waals surface area contributed by atoms with E-state index in [1.807, 2.05) is 6.92 Å². The minimum atomic E-state index is -1.08. The number of aromatic nitrogens is 4. The highest BCUT2D eigenvalue weighted by molar-refractivity contribution is 5.81. The summed E-state index contributed by atoms with van der Waals surface area (Å²) in [6.07, 6.45) is 1.78. The van der Waals surface area contributed by atoms with Gasteiger partial charge in [-0.2, -0.15) is 9.97 Å². The summed E-state index contributed by atoms with van der Waals surface area (Å²) in [5.74, 6) is -0.935. The molecule has 0 saturated heterocycles. The first-order valence-corrected chi connectivity index (χ1v) is 9.54. The van der Waals surface area contributed by atoms with Crippen LogP contribution in [0.2, 0.25) is 0 Å². The van der Waals surface area contributed by atoms with E-state index in [9.17, 15) is 19.8 Å². The molecule has 1 aromatic carbocycles. The summed E-state index contributed by atoms with van der Waals surface area (Å²) in [5.41, 5.74) is 6.55. The Morgan fingerprint density at radius 1 is 1.33 bits per heavy atom. The number of fused-ring (bicyclic) bond motifs is 1. The zero-order chi connectivity index (χ0) is 21.7. The number of imidazole rings is 1. The normalized spacial score (nSPS) is 12.2. The molecular weight excluding hydrogens is 392 g/mol. The molecule has 6 N–H and O–H groups in total. The van der Waals surface area contributed by atoms with Gasteiger partial charge in [-0.1, -0.05) is 25.5 Å². The number of aromatic hydroxyl groups is 1. The van der Waals surface area contributed by atoms with E-state index in [2.05, 4.69) is 20.3 Å². The van der Waals surface area contributed by atoms with Gasteiger partial charge in [-0.25, -0.2) is 4.79 Å². The van der Waals surface area contributed by atoms with Gasteiger partial charge >= 0.3 is 17.7 Å². The quantitative estimate of drug-likeness (QED) is 0.303. The molecule has 0 spiro atoms. The molecule has 160 valence electrons. The number of unbranched alkanes of at least 4 members (excludes halogenated alkanes) is 1. The van der Waals surface area contributed by atoms with Crippen LogP contribution >= 0.6 is 0 Å². The third-order valence-corrected chi connectivity index (χ3v) is 4.52. The van der Waals surface area contributed by atoms with Crippen molar-refractivity contribution >= 4 is 23.0 Å². The molecule has 0 bridgehead atoms. The zero-order valence-corrected chi connectivity index (χ0v) is 16.5. The number of carbonyl (C=O) groups is 1. The molecule has 30 heavy (non-hydrogen) atoms. The molecule has 3 rings (SSSR count). The fraction of sp³-hybridized carbons (Fsp3) is 0.368. The fourth-order valence-corrected chi connectivity index (χ4v) is 2.95. The second-order valence-electron chi connectivity index (χ2n) is 6.69. The molecule has 2 heterocycles. The number of nitrogens with one attached hydrogen (secondary N) is 2. The smallest absolute Gasteiger partial charge is 0.327 e. The SMILES string of the molecule is CCCCOc1nc(N)c2[nH]c(=O)n(CCN[C@H](C(=O)O)c3ccc(O)cc3)c2n1. The number of nitrogens with zero attached hydrogens (tertiary/aromatic N) is 3. The minimum absolute atomic E-state index is 0.0440. The average molecular weight is 416 g/mol. The van der Waals surface area contributed by atoms with E-state index in [0.29, 0.717) is 17.7 Å². The van der Waals surface area contributed by atoms with Crippen molar-refractivity contribution in [2.24, 2.45) is 0 Å². The molecule has 11 nitrogen and oxygen atoms in total. The lowest BCUT2D eigenvalue weighted by Crippen LogP contribution is -2.32. The van der Waals surface area contributed by atoms with Gasteiger partial charge in [0.05, 0.1) is 6.61 Å². The number of aliphatic carboxylic acids is 1. The number of carboxylic acids is 1. The van der Waals surface area contributed by atoms with Gasteiger partial charge in [-0.05, 0) is 24.1 Å². The molecule has 0 radical (unpaired) electrons. The second kappa shape index (κ2) is 9.27. The van der Waals surface area contributed by atoms with Gasteiger partial charge in [0.25, 0.3) is 0 Å². The van der Waals surface area contributed by atoms with Gasteiger partial charge in [0.15, 0.2) is 11.5 Å². The van der Waals surface area contributed by atoms with Crippen molar-refractivity contribution in [2.75, 3.05) is 18.9 Å². The highest BCUT2D eigenvalue weighted by Crippen LogP contribution is 2.19. The van der Waals surface area contributed by atoms with Gasteiger partial charge in [0, 0.05) is 13.1 Å². The van der Waals surface area contributed by atoms with E-state index in [0.717, 1.165) is 12.8 Å². The van der Waals surface area contributed by atoms with Crippen LogP contribution in [-0.4, -0.2) is 48.9 Å². The van der Waals surface area contributed by atoms with Crippen LogP contribution in [0.5, 0.6) is 11.8 Å². The van der Waals surface area contributed by atoms with E-state index in [1.54, 1.807) is 0 Å². The Labute approximate surface area is 171 Å². The Morgan fingerprint density at radius 3 is 2.73 bits per heavy atom. The van der Waals surface area contributed by atoms with Crippen LogP contribution in [0.1, 0.15) is 31.4 Å². The molecular formula is C19H24N6O5. The Bertz CT molecular complexity index is 1080. The van der Waals surface area contributed by atoms with Crippen LogP contribution in [0, 0.1) is 0 Å². The number of phenolic OH excluding ortho intramolecular Hbond substituents is 1. The standard InChI is InChI=1S/C19H24N6O5/c1-2-3-10-30-18-23-15(20)14-16(24-18)25(19(29)22-14)9-8-21-13(17(27)28)11-4-6-12(26)7-5-11/h4-7,13,21,26H,2-3,8-10H2,1H3,(H,22,29)(H,27,28)(H2,20,23,24)/t13-/m0/s1. The second-order valence-corrected chi connectivity index (χ2v) is 6.69. The first-order valence-electron chi connectivity index (χ1n) is 9.54. The third kappa shape index (κ3) is 4.69. The van der Waals surface area contributed by atoms with Crippen LogP contribution in [0.25, 0.3) is 11.2 Å². The lowest BCUT2D eigenvalue weighted by molar-refractivity contribution is -0.139. The van der Waals surface area contributed by atoms with Crippen molar-refractivity contribution in [1.82, 2.24) is 24.8 Å². The number of hydrogen-bond donors (Lipinski definition) is 5. The highest BCUT2D eigenvalue weighted by atomic mass is 16.5. The molecule has 0 unspecified atom stereocenters. The number of aromatic amines is 1. The lowest BCUT2D eigenvalue weighted by Gasteiger charge is -2.15. The Balaban J connectivity index is 1.77. The van der Waals surface area contributed by atoms with E-state index in [1.165, 1.54) is 28.8 Å². The van der Waals surface area contributed by atoms with Crippen LogP contribution in [0.3, 0.4) is 0 Å². The minimum Gasteiger partial charge on any atom is -0.508 e. The summed E-state index contributed by atoms with van der Waals surface area (Å²) in [4.78, 5) is 34.9. The molecule has 0 aliphatic carbocycles. The van der Waals surface area contributed by atoms with Gasteiger partial charge in [-0.3, -0.25) is 14.7 Å². The molecule has 0 amide bonds. The summed E-state index contributed by atoms with van der Waals surface area (Å²) >= 11 is 0. The number of nitrogen functional groups attached to an aromatic ring is 1. The maximum Gasteiger partial charge on any atom is 0.327 e. The monoisotopic (exact) mass is 416 g/mol. The van der Waals surface area contributed by atoms with E-state index < -0.39 is 17.7 Å². The maximum atomic E-state index is 12.4. The third-order valence-electron chi connectivity index (χ3n) is 4.52. The highest BCUT2D eigenvalue weighted by Gasteiger charge is 2.20. The number of H-pyrrole nitrogens is 1. The van der Waals surface area contributed by atoms with Crippen molar-refractivity contribution in [3.05, 3.63) is 40.3 Å². The summed E-state index contributed by atoms with van der Waals surface area (Å²) < 4.78 is 6.85. The number of nitrogens with two attached hydrogens (primary N) is 1. The van der Waals surface area contributed by atoms with Crippen molar-refractivity contribution in [2.45, 2.75) is 32.4 Å². The molecule has 0 aliphatic rings. The molecule has 2 aromatic heterocycles. The lowest BCUT2D eigenvalue weighted by atomic mass is 10.1. The maximum absolute atomic E-state index is 12.4. The van der Waals surface area contributed by atoms with E-state index in [4.69, 9.17) is 10.5 Å². The number of ether oxygens (including phenoxy) is 1. The number of hydrogen-bond acceptors (Lipinski definition) is 8. The predicted octanol–water partition coefficient (Wildman–Crippen LogP) is 1.00. The summed E-state index contributed by atoms with van der Waals surface area (Å²) in [5, 5.41) is 21.8. The molecule has 11 heteroatoms. The average Bonchev–Trinajstić information content (AvgIpc) is 3.02. The number of rotatable bonds is 10. The first-order chi connectivity index (χ1) is 14.4. The van der Waals surface area contributed by atoms with Crippen LogP contribution in [0.4, 0.5) is 5.82 Å². The zero-order valence-electron chi connectivity index (χ0n) is 16.5. The van der Waals surface area contributed by atoms with Gasteiger partial charge < -0.3 is 25.7 Å². The fourth-order valence-electron chi connectivity index (χ4n) is 2.95. The van der Waals surface area contributed by atoms with E-state index in [-0.39, 0.29) is 36.3 Å². The van der Waals surface area contributed by atoms with Crippen LogP contribution in [-0.2, 0) is 11.3 Å². The van der Waals surface area contributed by atoms with E-state index >= 15 is 0 Å². The van der Waals surface area contributed by atoms with Gasteiger partial charge in [-0.15, -0.1) is 0 Å². The topological polar surface area (TPSA) is 168 Å². The van der Waals surface area contributed by atoms with Crippen LogP contribution < -0.4 is 21.5 Å². The molecule has 3 aromatic rings. The van der Waals surface area contributed by atoms with Crippen molar-refractivity contribution in [1.29, 1.82) is 0 Å². The molecule has 0 aliphatic heterocycles. The van der Waals surface area contributed by atoms with Crippen LogP contribution in [0.15, 0.2) is 29.1 Å². The van der Waals surface area contributed by atoms with Crippen molar-refractivity contribution in [3.63, 3.8) is 0 Å². The largest absolute Gasteiger partial charge is 0.508 e. The predicted molar refractivity (Wildman–Crippen MR) is 109 cm³/mol. The van der Waals surface area contributed by atoms with Crippen molar-refractivity contribution < 1.29 is 19.7 Å². The first kappa shape index (κ1) is 21.1. The van der Waals surface area contributed by atoms with Crippen molar-refractivity contribution in [3.8, 4) is 11.8 Å². The number of anilines is 1. The Kier molecular flexibility index (Phi) is 6.52. The number of phenols is 1.